The number of ketones is 1. The molecule has 9 nitrogen and oxygen atoms in total. The highest BCUT2D eigenvalue weighted by molar-refractivity contribution is 7.89. The van der Waals surface area contributed by atoms with E-state index < -0.39 is 15.4 Å². The van der Waals surface area contributed by atoms with Crippen molar-refractivity contribution in [2.45, 2.75) is 17.7 Å². The second-order valence-corrected chi connectivity index (χ2v) is 11.5. The van der Waals surface area contributed by atoms with Gasteiger partial charge in [-0.2, -0.15) is 9.40 Å². The summed E-state index contributed by atoms with van der Waals surface area (Å²) in [6.45, 7) is 0.140. The van der Waals surface area contributed by atoms with Crippen molar-refractivity contribution in [1.29, 1.82) is 0 Å². The third kappa shape index (κ3) is 4.23. The normalized spacial score (nSPS) is 19.1. The molecule has 0 amide bonds. The molecule has 198 valence electrons. The number of hydrogen-bond acceptors (Lipinski definition) is 7. The lowest BCUT2D eigenvalue weighted by Gasteiger charge is -2.44. The van der Waals surface area contributed by atoms with Gasteiger partial charge in [-0.05, 0) is 66.9 Å². The number of aromatic nitrogens is 4. The Bertz CT molecular complexity index is 1690. The van der Waals surface area contributed by atoms with Crippen LogP contribution >= 0.6 is 0 Å². The van der Waals surface area contributed by atoms with Crippen molar-refractivity contribution in [2.75, 3.05) is 20.2 Å². The predicted molar refractivity (Wildman–Crippen MR) is 140 cm³/mol. The minimum atomic E-state index is -3.95. The molecule has 1 saturated heterocycles. The number of hydrogen-bond donors (Lipinski definition) is 0. The van der Waals surface area contributed by atoms with Crippen LogP contribution in [0.1, 0.15) is 28.2 Å². The van der Waals surface area contributed by atoms with Crippen molar-refractivity contribution >= 4 is 21.9 Å². The van der Waals surface area contributed by atoms with Gasteiger partial charge in [-0.15, -0.1) is 0 Å². The molecule has 1 aliphatic carbocycles. The minimum absolute atomic E-state index is 0.0248. The Hall–Kier alpha value is -4.22. The van der Waals surface area contributed by atoms with Crippen molar-refractivity contribution in [1.82, 2.24) is 24.1 Å². The number of pyridine rings is 2. The Morgan fingerprint density at radius 1 is 1.05 bits per heavy atom. The van der Waals surface area contributed by atoms with E-state index in [1.807, 2.05) is 6.08 Å². The topological polar surface area (TPSA) is 107 Å². The zero-order valence-electron chi connectivity index (χ0n) is 21.0. The highest BCUT2D eigenvalue weighted by Crippen LogP contribution is 2.47. The van der Waals surface area contributed by atoms with Crippen LogP contribution < -0.4 is 4.74 Å². The molecule has 1 aromatic carbocycles. The minimum Gasteiger partial charge on any atom is -0.481 e. The van der Waals surface area contributed by atoms with Crippen LogP contribution in [0.5, 0.6) is 5.88 Å². The smallest absolute Gasteiger partial charge is 0.244 e. The number of methoxy groups -OCH3 is 1. The summed E-state index contributed by atoms with van der Waals surface area (Å²) in [5.41, 5.74) is 2.18. The molecule has 2 aliphatic rings. The van der Waals surface area contributed by atoms with E-state index in [0.717, 1.165) is 16.8 Å². The van der Waals surface area contributed by atoms with Gasteiger partial charge in [0, 0.05) is 25.4 Å². The van der Waals surface area contributed by atoms with Crippen LogP contribution in [0.3, 0.4) is 0 Å². The van der Waals surface area contributed by atoms with Gasteiger partial charge in [0.25, 0.3) is 0 Å². The van der Waals surface area contributed by atoms with E-state index in [-0.39, 0.29) is 41.7 Å². The summed E-state index contributed by atoms with van der Waals surface area (Å²) < 4.78 is 49.0. The molecule has 4 heterocycles. The number of Topliss-reactive ketones (excluding diaryl/α,β-unsaturated/α-hetero) is 1. The molecule has 6 rings (SSSR count). The lowest BCUT2D eigenvalue weighted by Crippen LogP contribution is -2.53. The molecule has 1 atom stereocenters. The number of piperidine rings is 1. The van der Waals surface area contributed by atoms with Gasteiger partial charge < -0.3 is 4.74 Å². The fourth-order valence-corrected chi connectivity index (χ4v) is 6.79. The summed E-state index contributed by atoms with van der Waals surface area (Å²) in [4.78, 5) is 22.5. The number of ether oxygens (including phenoxy) is 1. The van der Waals surface area contributed by atoms with E-state index in [0.29, 0.717) is 18.0 Å². The van der Waals surface area contributed by atoms with Crippen LogP contribution in [-0.4, -0.2) is 58.5 Å². The van der Waals surface area contributed by atoms with E-state index in [1.165, 1.54) is 41.9 Å². The van der Waals surface area contributed by atoms with Gasteiger partial charge in [-0.25, -0.2) is 22.5 Å². The van der Waals surface area contributed by atoms with Gasteiger partial charge in [0.2, 0.25) is 15.9 Å². The first-order valence-electron chi connectivity index (χ1n) is 12.3. The van der Waals surface area contributed by atoms with Crippen LogP contribution in [-0.2, 0) is 16.4 Å². The van der Waals surface area contributed by atoms with Crippen LogP contribution in [0.2, 0.25) is 0 Å². The van der Waals surface area contributed by atoms with Crippen molar-refractivity contribution in [3.05, 3.63) is 102 Å². The summed E-state index contributed by atoms with van der Waals surface area (Å²) in [6.07, 6.45) is 7.01. The van der Waals surface area contributed by atoms with Gasteiger partial charge in [0.15, 0.2) is 5.78 Å². The summed E-state index contributed by atoms with van der Waals surface area (Å²) in [5.74, 6) is -0.293. The molecule has 0 unspecified atom stereocenters. The zero-order chi connectivity index (χ0) is 27.2. The van der Waals surface area contributed by atoms with Crippen LogP contribution in [0.25, 0.3) is 11.8 Å². The average molecular weight is 546 g/mol. The number of nitrogens with zero attached hydrogens (tertiary/aromatic N) is 5. The zero-order valence-corrected chi connectivity index (χ0v) is 21.8. The number of rotatable bonds is 6. The first-order chi connectivity index (χ1) is 18.8. The number of sulfonamides is 1. The van der Waals surface area contributed by atoms with Crippen molar-refractivity contribution in [2.24, 2.45) is 5.41 Å². The first-order valence-corrected chi connectivity index (χ1v) is 13.8. The summed E-state index contributed by atoms with van der Waals surface area (Å²) in [5, 5.41) is 4.52. The molecule has 11 heteroatoms. The molecule has 4 aromatic rings. The summed E-state index contributed by atoms with van der Waals surface area (Å²) >= 11 is 0. The van der Waals surface area contributed by atoms with E-state index in [1.54, 1.807) is 47.4 Å². The molecule has 0 saturated carbocycles. The Labute approximate surface area is 224 Å². The molecule has 1 fully saturated rings. The number of fused-ring (bicyclic) bond motifs is 2. The second-order valence-electron chi connectivity index (χ2n) is 9.54. The maximum absolute atomic E-state index is 14.1. The van der Waals surface area contributed by atoms with Gasteiger partial charge in [-0.1, -0.05) is 11.6 Å². The quantitative estimate of drug-likeness (QED) is 0.340. The monoisotopic (exact) mass is 545 g/mol. The lowest BCUT2D eigenvalue weighted by atomic mass is 9.65. The van der Waals surface area contributed by atoms with Crippen molar-refractivity contribution in [3.8, 4) is 11.6 Å². The second kappa shape index (κ2) is 9.51. The maximum Gasteiger partial charge on any atom is 0.244 e. The summed E-state index contributed by atoms with van der Waals surface area (Å²) in [6, 6.07) is 14.1. The van der Waals surface area contributed by atoms with Gasteiger partial charge in [0.1, 0.15) is 16.4 Å². The summed E-state index contributed by atoms with van der Waals surface area (Å²) in [7, 11) is -2.50. The van der Waals surface area contributed by atoms with Gasteiger partial charge in [-0.3, -0.25) is 9.78 Å². The van der Waals surface area contributed by atoms with E-state index >= 15 is 0 Å². The molecule has 0 N–H and O–H groups in total. The van der Waals surface area contributed by atoms with E-state index in [4.69, 9.17) is 4.74 Å². The molecule has 3 aromatic heterocycles. The molecule has 0 radical (unpaired) electrons. The third-order valence-corrected chi connectivity index (χ3v) is 9.17. The lowest BCUT2D eigenvalue weighted by molar-refractivity contribution is 0.0770. The molecular formula is C28H24FN5O4S. The van der Waals surface area contributed by atoms with Crippen LogP contribution in [0.4, 0.5) is 4.39 Å². The highest BCUT2D eigenvalue weighted by atomic mass is 32.2. The van der Waals surface area contributed by atoms with Crippen LogP contribution in [0, 0.1) is 11.2 Å². The van der Waals surface area contributed by atoms with Gasteiger partial charge >= 0.3 is 0 Å². The van der Waals surface area contributed by atoms with E-state index in [9.17, 15) is 17.6 Å². The fourth-order valence-electron chi connectivity index (χ4n) is 5.34. The number of benzene rings is 1. The molecule has 39 heavy (non-hydrogen) atoms. The highest BCUT2D eigenvalue weighted by Gasteiger charge is 2.51. The Kier molecular flexibility index (Phi) is 6.12. The SMILES string of the molecule is COc1ccc(S(=O)(=O)N2CCC3=Cc4c(cnn4-c4ccc(F)cc4)C[C@]3(C(=O)c3ccccn3)C2)cn1. The predicted octanol–water partition coefficient (Wildman–Crippen LogP) is 3.71. The number of carbonyl (C=O) groups is 1. The molecule has 0 spiro atoms. The maximum atomic E-state index is 14.1. The Balaban J connectivity index is 1.43. The third-order valence-electron chi connectivity index (χ3n) is 7.34. The average Bonchev–Trinajstić information content (AvgIpc) is 3.38. The molecule has 0 bridgehead atoms. The van der Waals surface area contributed by atoms with E-state index in [2.05, 4.69) is 15.1 Å². The fraction of sp³-hybridized carbons (Fsp3) is 0.214. The Morgan fingerprint density at radius 3 is 2.56 bits per heavy atom. The number of carbonyl (C=O) groups excluding carboxylic acids is 1. The number of halogens is 1. The van der Waals surface area contributed by atoms with Crippen molar-refractivity contribution < 1.29 is 22.3 Å². The van der Waals surface area contributed by atoms with Crippen LogP contribution in [0.15, 0.2) is 83.7 Å². The molecular weight excluding hydrogens is 521 g/mol. The van der Waals surface area contributed by atoms with Crippen molar-refractivity contribution in [3.63, 3.8) is 0 Å². The molecule has 1 aliphatic heterocycles. The van der Waals surface area contributed by atoms with Gasteiger partial charge in [0.05, 0.1) is 36.3 Å². The largest absolute Gasteiger partial charge is 0.481 e. The Morgan fingerprint density at radius 2 is 1.87 bits per heavy atom. The standard InChI is InChI=1S/C28H24FN5O4S/c1-38-26-10-9-23(17-31-26)39(36,37)33-13-11-20-14-25-19(16-32-34(25)22-7-5-21(29)6-8-22)15-28(20,18-33)27(35)24-4-2-3-12-30-24/h2-10,12,14,16-17H,11,13,15,18H2,1H3/t28-/m0/s1. The first kappa shape index (κ1) is 25.1.